The number of amides is 1. The van der Waals surface area contributed by atoms with Crippen molar-refractivity contribution in [2.45, 2.75) is 0 Å². The summed E-state index contributed by atoms with van der Waals surface area (Å²) in [6.07, 6.45) is 4.57. The molecule has 3 rings (SSSR count). The van der Waals surface area contributed by atoms with Gasteiger partial charge in [0.25, 0.3) is 15.9 Å². The fourth-order valence-corrected chi connectivity index (χ4v) is 3.52. The van der Waals surface area contributed by atoms with E-state index in [-0.39, 0.29) is 33.0 Å². The predicted octanol–water partition coefficient (Wildman–Crippen LogP) is 2.01. The molecule has 0 aliphatic carbocycles. The molecule has 0 radical (unpaired) electrons. The second kappa shape index (κ2) is 6.24. The van der Waals surface area contributed by atoms with Crippen molar-refractivity contribution in [2.75, 3.05) is 17.6 Å². The highest BCUT2D eigenvalue weighted by atomic mass is 127. The quantitative estimate of drug-likeness (QED) is 0.536. The minimum absolute atomic E-state index is 0.000131. The smallest absolute Gasteiger partial charge is 0.259 e. The third kappa shape index (κ3) is 3.34. The van der Waals surface area contributed by atoms with Gasteiger partial charge in [0.15, 0.2) is 5.84 Å². The SMILES string of the molecule is O=C(Nc1cc(F)c(I)c(F)c1)C1=CC=CN2CCS(=O)(=O)N=C12. The maximum absolute atomic E-state index is 13.6. The molecule has 1 aromatic rings. The Kier molecular flexibility index (Phi) is 4.42. The van der Waals surface area contributed by atoms with Crippen LogP contribution >= 0.6 is 22.6 Å². The molecule has 0 unspecified atom stereocenters. The Labute approximate surface area is 150 Å². The summed E-state index contributed by atoms with van der Waals surface area (Å²) in [5.74, 6) is -2.47. The van der Waals surface area contributed by atoms with E-state index in [4.69, 9.17) is 0 Å². The Morgan fingerprint density at radius 2 is 1.96 bits per heavy atom. The van der Waals surface area contributed by atoms with Crippen LogP contribution in [0.2, 0.25) is 0 Å². The zero-order valence-electron chi connectivity index (χ0n) is 12.0. The number of anilines is 1. The lowest BCUT2D eigenvalue weighted by Crippen LogP contribution is -2.40. The Morgan fingerprint density at radius 1 is 1.29 bits per heavy atom. The van der Waals surface area contributed by atoms with Gasteiger partial charge in [-0.25, -0.2) is 17.2 Å². The summed E-state index contributed by atoms with van der Waals surface area (Å²) in [6.45, 7) is 0.176. The maximum atomic E-state index is 13.6. The normalized spacial score (nSPS) is 18.5. The van der Waals surface area contributed by atoms with Crippen LogP contribution in [0, 0.1) is 15.2 Å². The van der Waals surface area contributed by atoms with Gasteiger partial charge in [0.05, 0.1) is 14.9 Å². The molecule has 1 N–H and O–H groups in total. The van der Waals surface area contributed by atoms with E-state index in [9.17, 15) is 22.0 Å². The van der Waals surface area contributed by atoms with Crippen molar-refractivity contribution in [1.29, 1.82) is 0 Å². The lowest BCUT2D eigenvalue weighted by molar-refractivity contribution is -0.112. The molecule has 0 saturated carbocycles. The van der Waals surface area contributed by atoms with E-state index in [0.29, 0.717) is 0 Å². The van der Waals surface area contributed by atoms with Gasteiger partial charge >= 0.3 is 0 Å². The van der Waals surface area contributed by atoms with Gasteiger partial charge in [0, 0.05) is 18.4 Å². The summed E-state index contributed by atoms with van der Waals surface area (Å²) in [7, 11) is -3.64. The van der Waals surface area contributed by atoms with Gasteiger partial charge in [0.1, 0.15) is 11.6 Å². The van der Waals surface area contributed by atoms with E-state index in [2.05, 4.69) is 9.71 Å². The van der Waals surface area contributed by atoms with E-state index in [1.54, 1.807) is 12.3 Å². The molecule has 0 fully saturated rings. The van der Waals surface area contributed by atoms with E-state index >= 15 is 0 Å². The first-order valence-electron chi connectivity index (χ1n) is 6.71. The van der Waals surface area contributed by atoms with Crippen molar-refractivity contribution in [1.82, 2.24) is 4.90 Å². The number of hydrogen-bond acceptors (Lipinski definition) is 4. The third-order valence-electron chi connectivity index (χ3n) is 3.34. The molecule has 10 heteroatoms. The van der Waals surface area contributed by atoms with Crippen molar-refractivity contribution in [3.05, 3.63) is 51.3 Å². The van der Waals surface area contributed by atoms with Crippen LogP contribution in [0.4, 0.5) is 14.5 Å². The Morgan fingerprint density at radius 3 is 2.62 bits per heavy atom. The van der Waals surface area contributed by atoms with Crippen molar-refractivity contribution >= 4 is 50.0 Å². The minimum Gasteiger partial charge on any atom is -0.331 e. The van der Waals surface area contributed by atoms with Crippen LogP contribution in [0.15, 0.2) is 40.5 Å². The van der Waals surface area contributed by atoms with Crippen LogP contribution in [0.1, 0.15) is 0 Å². The first-order chi connectivity index (χ1) is 11.3. The number of carbonyl (C=O) groups is 1. The molecule has 0 atom stereocenters. The monoisotopic (exact) mass is 465 g/mol. The minimum atomic E-state index is -3.64. The summed E-state index contributed by atoms with van der Waals surface area (Å²) >= 11 is 1.52. The Hall–Kier alpha value is -1.82. The first kappa shape index (κ1) is 17.0. The standard InChI is InChI=1S/C14H10F2IN3O3S/c15-10-6-8(7-11(16)12(10)17)18-14(21)9-2-1-3-20-4-5-24(22,23)19-13(9)20/h1-3,6-7H,4-5H2,(H,18,21). The van der Waals surface area contributed by atoms with E-state index < -0.39 is 27.6 Å². The molecule has 1 aromatic carbocycles. The molecule has 1 amide bonds. The first-order valence-corrected chi connectivity index (χ1v) is 9.40. The number of sulfonamides is 1. The Balaban J connectivity index is 1.91. The highest BCUT2D eigenvalue weighted by Gasteiger charge is 2.30. The average molecular weight is 465 g/mol. The summed E-state index contributed by atoms with van der Waals surface area (Å²) in [6, 6.07) is 1.97. The van der Waals surface area contributed by atoms with Gasteiger partial charge in [0.2, 0.25) is 0 Å². The number of carbonyl (C=O) groups excluding carboxylic acids is 1. The van der Waals surface area contributed by atoms with Gasteiger partial charge in [-0.05, 0) is 46.9 Å². The number of hydrogen-bond donors (Lipinski definition) is 1. The molecule has 126 valence electrons. The van der Waals surface area contributed by atoms with Gasteiger partial charge in [-0.15, -0.1) is 4.40 Å². The molecule has 0 aromatic heterocycles. The van der Waals surface area contributed by atoms with E-state index in [0.717, 1.165) is 12.1 Å². The number of halogens is 3. The van der Waals surface area contributed by atoms with E-state index in [1.165, 1.54) is 33.6 Å². The van der Waals surface area contributed by atoms with Crippen LogP contribution in [0.3, 0.4) is 0 Å². The predicted molar refractivity (Wildman–Crippen MR) is 92.9 cm³/mol. The largest absolute Gasteiger partial charge is 0.331 e. The number of nitrogens with zero attached hydrogens (tertiary/aromatic N) is 2. The van der Waals surface area contributed by atoms with Crippen molar-refractivity contribution in [3.8, 4) is 0 Å². The Bertz CT molecular complexity index is 902. The molecule has 24 heavy (non-hydrogen) atoms. The number of benzene rings is 1. The molecular weight excluding hydrogens is 455 g/mol. The number of allylic oxidation sites excluding steroid dienone is 2. The fourth-order valence-electron chi connectivity index (χ4n) is 2.22. The molecular formula is C14H10F2IN3O3S. The van der Waals surface area contributed by atoms with Crippen LogP contribution in [-0.2, 0) is 14.8 Å². The molecule has 6 nitrogen and oxygen atoms in total. The molecule has 2 aliphatic heterocycles. The molecule has 0 saturated heterocycles. The topological polar surface area (TPSA) is 78.8 Å². The number of nitrogens with one attached hydrogen (secondary N) is 1. The molecule has 0 spiro atoms. The summed E-state index contributed by atoms with van der Waals surface area (Å²) < 4.78 is 53.9. The van der Waals surface area contributed by atoms with Crippen LogP contribution in [0.5, 0.6) is 0 Å². The van der Waals surface area contributed by atoms with Crippen LogP contribution in [-0.4, -0.2) is 37.4 Å². The summed E-state index contributed by atoms with van der Waals surface area (Å²) in [5.41, 5.74) is -0.0724. The van der Waals surface area contributed by atoms with Gasteiger partial charge in [-0.1, -0.05) is 0 Å². The summed E-state index contributed by atoms with van der Waals surface area (Å²) in [4.78, 5) is 13.9. The van der Waals surface area contributed by atoms with Crippen molar-refractivity contribution in [3.63, 3.8) is 0 Å². The van der Waals surface area contributed by atoms with Gasteiger partial charge < -0.3 is 10.2 Å². The van der Waals surface area contributed by atoms with Crippen LogP contribution < -0.4 is 5.32 Å². The molecule has 0 bridgehead atoms. The third-order valence-corrected chi connectivity index (χ3v) is 5.52. The zero-order valence-corrected chi connectivity index (χ0v) is 14.9. The highest BCUT2D eigenvalue weighted by molar-refractivity contribution is 14.1. The fraction of sp³-hybridized carbons (Fsp3) is 0.143. The zero-order chi connectivity index (χ0) is 17.5. The lowest BCUT2D eigenvalue weighted by atomic mass is 10.1. The molecule has 2 heterocycles. The summed E-state index contributed by atoms with van der Waals surface area (Å²) in [5, 5.41) is 2.35. The van der Waals surface area contributed by atoms with Crippen molar-refractivity contribution < 1.29 is 22.0 Å². The second-order valence-electron chi connectivity index (χ2n) is 5.02. The second-order valence-corrected chi connectivity index (χ2v) is 7.86. The van der Waals surface area contributed by atoms with Gasteiger partial charge in [-0.2, -0.15) is 0 Å². The van der Waals surface area contributed by atoms with Crippen molar-refractivity contribution in [2.24, 2.45) is 4.40 Å². The van der Waals surface area contributed by atoms with Crippen LogP contribution in [0.25, 0.3) is 0 Å². The maximum Gasteiger partial charge on any atom is 0.259 e. The van der Waals surface area contributed by atoms with Gasteiger partial charge in [-0.3, -0.25) is 4.79 Å². The number of rotatable bonds is 2. The highest BCUT2D eigenvalue weighted by Crippen LogP contribution is 2.23. The van der Waals surface area contributed by atoms with E-state index in [1.807, 2.05) is 0 Å². The molecule has 2 aliphatic rings. The number of fused-ring (bicyclic) bond motifs is 1. The average Bonchev–Trinajstić information content (AvgIpc) is 2.51. The lowest BCUT2D eigenvalue weighted by Gasteiger charge is -2.28. The number of amidine groups is 1.